The highest BCUT2D eigenvalue weighted by molar-refractivity contribution is 7.99. The van der Waals surface area contributed by atoms with Crippen LogP contribution in [0.15, 0.2) is 58.5 Å². The van der Waals surface area contributed by atoms with Crippen LogP contribution in [-0.2, 0) is 20.8 Å². The fourth-order valence-electron chi connectivity index (χ4n) is 3.67. The lowest BCUT2D eigenvalue weighted by Crippen LogP contribution is -2.24. The van der Waals surface area contributed by atoms with Gasteiger partial charge in [-0.3, -0.25) is 18.6 Å². The second kappa shape index (κ2) is 11.2. The molecule has 0 aliphatic carbocycles. The molecule has 0 bridgehead atoms. The SMILES string of the molecule is CCOCCCn1c(=O)c2ccccc2n2c(SCC(=O)Nc3cccc(C(=O)OC)c3)nnc12. The Bertz CT molecular complexity index is 1430. The van der Waals surface area contributed by atoms with Gasteiger partial charge in [-0.25, -0.2) is 4.79 Å². The zero-order chi connectivity index (χ0) is 24.8. The molecule has 4 aromatic rings. The van der Waals surface area contributed by atoms with Crippen LogP contribution in [0.1, 0.15) is 23.7 Å². The maximum absolute atomic E-state index is 13.1. The Morgan fingerprint density at radius 2 is 1.94 bits per heavy atom. The summed E-state index contributed by atoms with van der Waals surface area (Å²) in [6, 6.07) is 13.8. The highest BCUT2D eigenvalue weighted by Crippen LogP contribution is 2.22. The first kappa shape index (κ1) is 24.4. The molecular weight excluding hydrogens is 470 g/mol. The molecular formula is C24H25N5O5S. The monoisotopic (exact) mass is 495 g/mol. The number of esters is 1. The van der Waals surface area contributed by atoms with Crippen LogP contribution in [0.5, 0.6) is 0 Å². The third-order valence-electron chi connectivity index (χ3n) is 5.25. The van der Waals surface area contributed by atoms with Gasteiger partial charge in [0.25, 0.3) is 5.56 Å². The molecule has 1 N–H and O–H groups in total. The molecule has 0 saturated carbocycles. The second-order valence-corrected chi connectivity index (χ2v) is 8.49. The topological polar surface area (TPSA) is 117 Å². The third kappa shape index (κ3) is 5.36. The standard InChI is InChI=1S/C24H25N5O5S/c1-3-34-13-7-12-28-21(31)18-10-4-5-11-19(18)29-23(28)26-27-24(29)35-15-20(30)25-17-9-6-8-16(14-17)22(32)33-2/h4-6,8-11,14H,3,7,12-13,15H2,1-2H3,(H,25,30). The Hall–Kier alpha value is -3.70. The first-order valence-corrected chi connectivity index (χ1v) is 12.1. The molecule has 0 spiro atoms. The van der Waals surface area contributed by atoms with Crippen molar-refractivity contribution in [3.05, 3.63) is 64.4 Å². The van der Waals surface area contributed by atoms with Crippen LogP contribution < -0.4 is 10.9 Å². The molecule has 0 aliphatic rings. The van der Waals surface area contributed by atoms with Crippen LogP contribution in [0.4, 0.5) is 5.69 Å². The van der Waals surface area contributed by atoms with Gasteiger partial charge in [0.15, 0.2) is 5.16 Å². The Morgan fingerprint density at radius 3 is 2.74 bits per heavy atom. The van der Waals surface area contributed by atoms with Gasteiger partial charge in [-0.05, 0) is 43.7 Å². The molecule has 0 atom stereocenters. The number of para-hydroxylation sites is 1. The van der Waals surface area contributed by atoms with Crippen molar-refractivity contribution in [2.75, 3.05) is 31.4 Å². The number of anilines is 1. The minimum atomic E-state index is -0.482. The number of nitrogens with one attached hydrogen (secondary N) is 1. The maximum Gasteiger partial charge on any atom is 0.337 e. The van der Waals surface area contributed by atoms with E-state index < -0.39 is 5.97 Å². The van der Waals surface area contributed by atoms with E-state index in [2.05, 4.69) is 15.5 Å². The Kier molecular flexibility index (Phi) is 7.78. The van der Waals surface area contributed by atoms with Crippen LogP contribution in [0, 0.1) is 0 Å². The van der Waals surface area contributed by atoms with E-state index in [1.807, 2.05) is 25.1 Å². The summed E-state index contributed by atoms with van der Waals surface area (Å²) < 4.78 is 13.5. The highest BCUT2D eigenvalue weighted by Gasteiger charge is 2.18. The summed E-state index contributed by atoms with van der Waals surface area (Å²) in [7, 11) is 1.30. The number of thioether (sulfide) groups is 1. The molecule has 2 aromatic heterocycles. The number of aromatic nitrogens is 4. The number of ether oxygens (including phenoxy) is 2. The summed E-state index contributed by atoms with van der Waals surface area (Å²) in [5, 5.41) is 12.3. The van der Waals surface area contributed by atoms with E-state index in [1.54, 1.807) is 39.3 Å². The number of carbonyl (C=O) groups is 2. The van der Waals surface area contributed by atoms with E-state index in [-0.39, 0.29) is 17.2 Å². The molecule has 35 heavy (non-hydrogen) atoms. The van der Waals surface area contributed by atoms with E-state index in [1.165, 1.54) is 18.9 Å². The molecule has 182 valence electrons. The molecule has 4 rings (SSSR count). The minimum Gasteiger partial charge on any atom is -0.465 e. The molecule has 0 radical (unpaired) electrons. The van der Waals surface area contributed by atoms with Crippen molar-refractivity contribution in [2.24, 2.45) is 0 Å². The van der Waals surface area contributed by atoms with E-state index in [9.17, 15) is 14.4 Å². The normalized spacial score (nSPS) is 11.1. The lowest BCUT2D eigenvalue weighted by atomic mass is 10.2. The van der Waals surface area contributed by atoms with Crippen molar-refractivity contribution < 1.29 is 19.1 Å². The maximum atomic E-state index is 13.1. The summed E-state index contributed by atoms with van der Waals surface area (Å²) in [6.45, 7) is 3.51. The van der Waals surface area contributed by atoms with Crippen LogP contribution in [-0.4, -0.2) is 57.1 Å². The van der Waals surface area contributed by atoms with Gasteiger partial charge < -0.3 is 14.8 Å². The van der Waals surface area contributed by atoms with E-state index in [4.69, 9.17) is 9.47 Å². The summed E-state index contributed by atoms with van der Waals surface area (Å²) in [5.74, 6) is -0.285. The molecule has 10 nitrogen and oxygen atoms in total. The number of methoxy groups -OCH3 is 1. The van der Waals surface area contributed by atoms with E-state index in [0.717, 1.165) is 0 Å². The second-order valence-electron chi connectivity index (χ2n) is 7.55. The lowest BCUT2D eigenvalue weighted by molar-refractivity contribution is -0.113. The number of benzene rings is 2. The predicted octanol–water partition coefficient (Wildman–Crippen LogP) is 2.99. The first-order chi connectivity index (χ1) is 17.0. The number of nitrogens with zero attached hydrogens (tertiary/aromatic N) is 4. The van der Waals surface area contributed by atoms with Crippen molar-refractivity contribution >= 4 is 46.0 Å². The van der Waals surface area contributed by atoms with E-state index >= 15 is 0 Å². The molecule has 1 amide bonds. The van der Waals surface area contributed by atoms with Crippen LogP contribution in [0.2, 0.25) is 0 Å². The molecule has 11 heteroatoms. The van der Waals surface area contributed by atoms with Gasteiger partial charge in [-0.1, -0.05) is 30.0 Å². The zero-order valence-corrected chi connectivity index (χ0v) is 20.2. The summed E-state index contributed by atoms with van der Waals surface area (Å²) in [5.41, 5.74) is 1.36. The number of rotatable bonds is 10. The van der Waals surface area contributed by atoms with Gasteiger partial charge in [0.1, 0.15) is 0 Å². The van der Waals surface area contributed by atoms with Gasteiger partial charge in [0, 0.05) is 25.4 Å². The van der Waals surface area contributed by atoms with Crippen molar-refractivity contribution in [2.45, 2.75) is 25.0 Å². The van der Waals surface area contributed by atoms with Crippen LogP contribution in [0.25, 0.3) is 16.7 Å². The zero-order valence-electron chi connectivity index (χ0n) is 19.4. The predicted molar refractivity (Wildman–Crippen MR) is 133 cm³/mol. The summed E-state index contributed by atoms with van der Waals surface area (Å²) in [4.78, 5) is 37.5. The van der Waals surface area contributed by atoms with Crippen molar-refractivity contribution in [1.29, 1.82) is 0 Å². The largest absolute Gasteiger partial charge is 0.465 e. The van der Waals surface area contributed by atoms with Gasteiger partial charge >= 0.3 is 5.97 Å². The van der Waals surface area contributed by atoms with Crippen LogP contribution in [0.3, 0.4) is 0 Å². The van der Waals surface area contributed by atoms with Crippen molar-refractivity contribution in [3.63, 3.8) is 0 Å². The smallest absolute Gasteiger partial charge is 0.337 e. The average Bonchev–Trinajstić information content (AvgIpc) is 3.30. The minimum absolute atomic E-state index is 0.0566. The Balaban J connectivity index is 1.57. The van der Waals surface area contributed by atoms with Crippen LogP contribution >= 0.6 is 11.8 Å². The van der Waals surface area contributed by atoms with Crippen molar-refractivity contribution in [1.82, 2.24) is 19.2 Å². The average molecular weight is 496 g/mol. The summed E-state index contributed by atoms with van der Waals surface area (Å²) in [6.07, 6.45) is 0.657. The number of hydrogen-bond acceptors (Lipinski definition) is 8. The Labute approximate surface area is 205 Å². The fourth-order valence-corrected chi connectivity index (χ4v) is 4.41. The molecule has 0 unspecified atom stereocenters. The molecule has 0 aliphatic heterocycles. The lowest BCUT2D eigenvalue weighted by Gasteiger charge is -2.11. The Morgan fingerprint density at radius 1 is 1.11 bits per heavy atom. The summed E-state index contributed by atoms with van der Waals surface area (Å²) >= 11 is 1.21. The van der Waals surface area contributed by atoms with Gasteiger partial charge in [-0.2, -0.15) is 0 Å². The number of fused-ring (bicyclic) bond motifs is 3. The number of amides is 1. The quantitative estimate of drug-likeness (QED) is 0.203. The number of aryl methyl sites for hydroxylation is 1. The molecule has 2 heterocycles. The van der Waals surface area contributed by atoms with Crippen molar-refractivity contribution in [3.8, 4) is 0 Å². The molecule has 2 aromatic carbocycles. The van der Waals surface area contributed by atoms with E-state index in [0.29, 0.717) is 59.3 Å². The third-order valence-corrected chi connectivity index (χ3v) is 6.18. The first-order valence-electron chi connectivity index (χ1n) is 11.1. The van der Waals surface area contributed by atoms with Gasteiger partial charge in [-0.15, -0.1) is 10.2 Å². The van der Waals surface area contributed by atoms with Gasteiger partial charge in [0.05, 0.1) is 29.3 Å². The molecule has 0 fully saturated rings. The highest BCUT2D eigenvalue weighted by atomic mass is 32.2. The number of hydrogen-bond donors (Lipinski definition) is 1. The molecule has 0 saturated heterocycles. The number of carbonyl (C=O) groups excluding carboxylic acids is 2. The van der Waals surface area contributed by atoms with Gasteiger partial charge in [0.2, 0.25) is 11.7 Å². The fraction of sp³-hybridized carbons (Fsp3) is 0.292.